The van der Waals surface area contributed by atoms with E-state index >= 15 is 0 Å². The van der Waals surface area contributed by atoms with Crippen LogP contribution in [0.25, 0.3) is 0 Å². The van der Waals surface area contributed by atoms with Crippen molar-refractivity contribution < 1.29 is 19.7 Å². The van der Waals surface area contributed by atoms with Gasteiger partial charge in [-0.15, -0.1) is 0 Å². The molecule has 0 bridgehead atoms. The molecule has 0 saturated heterocycles. The third-order valence-corrected chi connectivity index (χ3v) is 3.66. The summed E-state index contributed by atoms with van der Waals surface area (Å²) in [5, 5.41) is 19.4. The van der Waals surface area contributed by atoms with Crippen molar-refractivity contribution in [2.75, 3.05) is 0 Å². The van der Waals surface area contributed by atoms with Crippen molar-refractivity contribution in [3.05, 3.63) is 30.3 Å². The highest BCUT2D eigenvalue weighted by atomic mass is 16.5. The summed E-state index contributed by atoms with van der Waals surface area (Å²) in [5.41, 5.74) is 0. The second-order valence-electron chi connectivity index (χ2n) is 5.09. The normalized spacial score (nSPS) is 24.1. The van der Waals surface area contributed by atoms with E-state index in [9.17, 15) is 15.0 Å². The molecule has 1 aromatic carbocycles. The number of carbonyl (C=O) groups is 1. The standard InChI is InChI=1S/C15H20O4/c16-13-8-4-5-11(13)9-10-14(17)15(18)19-12-6-2-1-3-7-12/h1-3,6-7,11,13-14,16-17H,4-5,8-10H2/t11-,13?,14?/m0/s1. The molecule has 104 valence electrons. The second kappa shape index (κ2) is 6.68. The van der Waals surface area contributed by atoms with E-state index in [1.165, 1.54) is 0 Å². The van der Waals surface area contributed by atoms with E-state index in [2.05, 4.69) is 0 Å². The number of rotatable bonds is 5. The minimum absolute atomic E-state index is 0.208. The Kier molecular flexibility index (Phi) is 4.93. The van der Waals surface area contributed by atoms with Gasteiger partial charge in [0, 0.05) is 0 Å². The van der Waals surface area contributed by atoms with Gasteiger partial charge in [-0.1, -0.05) is 24.6 Å². The van der Waals surface area contributed by atoms with Crippen LogP contribution in [0.15, 0.2) is 30.3 Å². The molecule has 0 spiro atoms. The van der Waals surface area contributed by atoms with Crippen LogP contribution in [0.4, 0.5) is 0 Å². The van der Waals surface area contributed by atoms with Crippen molar-refractivity contribution in [2.45, 2.75) is 44.3 Å². The van der Waals surface area contributed by atoms with Gasteiger partial charge in [0.25, 0.3) is 0 Å². The number of hydrogen-bond acceptors (Lipinski definition) is 4. The number of aliphatic hydroxyl groups is 2. The molecule has 0 aliphatic heterocycles. The molecule has 3 atom stereocenters. The molecule has 2 rings (SSSR count). The van der Waals surface area contributed by atoms with Crippen LogP contribution in [0.1, 0.15) is 32.1 Å². The fourth-order valence-electron chi connectivity index (χ4n) is 2.52. The van der Waals surface area contributed by atoms with E-state index in [0.717, 1.165) is 19.3 Å². The lowest BCUT2D eigenvalue weighted by atomic mass is 9.98. The van der Waals surface area contributed by atoms with Crippen LogP contribution >= 0.6 is 0 Å². The zero-order valence-corrected chi connectivity index (χ0v) is 10.9. The van der Waals surface area contributed by atoms with Crippen LogP contribution in [-0.4, -0.2) is 28.4 Å². The van der Waals surface area contributed by atoms with Gasteiger partial charge in [-0.25, -0.2) is 4.79 Å². The Morgan fingerprint density at radius 2 is 2.05 bits per heavy atom. The van der Waals surface area contributed by atoms with Crippen LogP contribution in [0, 0.1) is 5.92 Å². The lowest BCUT2D eigenvalue weighted by Gasteiger charge is -2.16. The summed E-state index contributed by atoms with van der Waals surface area (Å²) >= 11 is 0. The maximum absolute atomic E-state index is 11.7. The Balaban J connectivity index is 1.76. The van der Waals surface area contributed by atoms with E-state index in [1.54, 1.807) is 24.3 Å². The molecule has 2 N–H and O–H groups in total. The summed E-state index contributed by atoms with van der Waals surface area (Å²) in [4.78, 5) is 11.7. The molecule has 1 aromatic rings. The molecular weight excluding hydrogens is 244 g/mol. The summed E-state index contributed by atoms with van der Waals surface area (Å²) < 4.78 is 5.07. The van der Waals surface area contributed by atoms with E-state index in [-0.39, 0.29) is 12.0 Å². The van der Waals surface area contributed by atoms with Crippen molar-refractivity contribution >= 4 is 5.97 Å². The molecular formula is C15H20O4. The molecule has 4 heteroatoms. The average molecular weight is 264 g/mol. The Morgan fingerprint density at radius 1 is 1.32 bits per heavy atom. The predicted molar refractivity (Wildman–Crippen MR) is 70.7 cm³/mol. The average Bonchev–Trinajstić information content (AvgIpc) is 2.82. The van der Waals surface area contributed by atoms with Crippen molar-refractivity contribution in [2.24, 2.45) is 5.92 Å². The van der Waals surface area contributed by atoms with E-state index in [4.69, 9.17) is 4.74 Å². The fraction of sp³-hybridized carbons (Fsp3) is 0.533. The number of para-hydroxylation sites is 1. The van der Waals surface area contributed by atoms with Gasteiger partial charge in [-0.05, 0) is 43.7 Å². The van der Waals surface area contributed by atoms with Gasteiger partial charge in [-0.3, -0.25) is 0 Å². The first-order chi connectivity index (χ1) is 9.16. The van der Waals surface area contributed by atoms with Crippen molar-refractivity contribution in [1.29, 1.82) is 0 Å². The lowest BCUT2D eigenvalue weighted by molar-refractivity contribution is -0.144. The molecule has 19 heavy (non-hydrogen) atoms. The molecule has 0 amide bonds. The zero-order valence-electron chi connectivity index (χ0n) is 10.9. The molecule has 0 radical (unpaired) electrons. The predicted octanol–water partition coefficient (Wildman–Crippen LogP) is 1.89. The van der Waals surface area contributed by atoms with Crippen LogP contribution in [0.5, 0.6) is 5.75 Å². The maximum atomic E-state index is 11.7. The summed E-state index contributed by atoms with van der Waals surface area (Å²) in [6.45, 7) is 0. The number of ether oxygens (including phenoxy) is 1. The van der Waals surface area contributed by atoms with Gasteiger partial charge < -0.3 is 14.9 Å². The number of hydrogen-bond donors (Lipinski definition) is 2. The minimum Gasteiger partial charge on any atom is -0.425 e. The lowest BCUT2D eigenvalue weighted by Crippen LogP contribution is -2.27. The first-order valence-corrected chi connectivity index (χ1v) is 6.79. The number of aliphatic hydroxyl groups excluding tert-OH is 2. The van der Waals surface area contributed by atoms with Crippen LogP contribution in [0.2, 0.25) is 0 Å². The van der Waals surface area contributed by atoms with Crippen molar-refractivity contribution in [3.63, 3.8) is 0 Å². The van der Waals surface area contributed by atoms with Gasteiger partial charge in [0.1, 0.15) is 5.75 Å². The van der Waals surface area contributed by atoms with Gasteiger partial charge in [-0.2, -0.15) is 0 Å². The van der Waals surface area contributed by atoms with Gasteiger partial charge in [0.05, 0.1) is 6.10 Å². The van der Waals surface area contributed by atoms with Crippen LogP contribution in [0.3, 0.4) is 0 Å². The van der Waals surface area contributed by atoms with Gasteiger partial charge in [0.2, 0.25) is 0 Å². The number of esters is 1. The Labute approximate surface area is 113 Å². The van der Waals surface area contributed by atoms with Crippen LogP contribution in [-0.2, 0) is 4.79 Å². The Bertz CT molecular complexity index is 404. The maximum Gasteiger partial charge on any atom is 0.340 e. The highest BCUT2D eigenvalue weighted by molar-refractivity contribution is 5.76. The SMILES string of the molecule is O=C(Oc1ccccc1)C(O)CC[C@@H]1CCCC1O. The molecule has 4 nitrogen and oxygen atoms in total. The minimum atomic E-state index is -1.12. The van der Waals surface area contributed by atoms with Gasteiger partial charge in [0.15, 0.2) is 6.10 Å². The Hall–Kier alpha value is -1.39. The summed E-state index contributed by atoms with van der Waals surface area (Å²) in [6.07, 6.45) is 2.43. The summed E-state index contributed by atoms with van der Waals surface area (Å²) in [6, 6.07) is 8.71. The third kappa shape index (κ3) is 4.04. The largest absolute Gasteiger partial charge is 0.425 e. The first kappa shape index (κ1) is 14.0. The topological polar surface area (TPSA) is 66.8 Å². The first-order valence-electron chi connectivity index (χ1n) is 6.79. The highest BCUT2D eigenvalue weighted by Crippen LogP contribution is 2.29. The quantitative estimate of drug-likeness (QED) is 0.629. The number of benzene rings is 1. The monoisotopic (exact) mass is 264 g/mol. The molecule has 2 unspecified atom stereocenters. The molecule has 0 aromatic heterocycles. The second-order valence-corrected chi connectivity index (χ2v) is 5.09. The fourth-order valence-corrected chi connectivity index (χ4v) is 2.52. The van der Waals surface area contributed by atoms with Crippen molar-refractivity contribution in [1.82, 2.24) is 0 Å². The van der Waals surface area contributed by atoms with E-state index in [1.807, 2.05) is 6.07 Å². The Morgan fingerprint density at radius 3 is 2.68 bits per heavy atom. The molecule has 1 fully saturated rings. The van der Waals surface area contributed by atoms with E-state index in [0.29, 0.717) is 18.6 Å². The zero-order chi connectivity index (χ0) is 13.7. The molecule has 1 aliphatic rings. The number of carbonyl (C=O) groups excluding carboxylic acids is 1. The summed E-state index contributed by atoms with van der Waals surface area (Å²) in [5.74, 6) is 0.0188. The molecule has 1 aliphatic carbocycles. The smallest absolute Gasteiger partial charge is 0.340 e. The summed E-state index contributed by atoms with van der Waals surface area (Å²) in [7, 11) is 0. The van der Waals surface area contributed by atoms with Gasteiger partial charge >= 0.3 is 5.97 Å². The van der Waals surface area contributed by atoms with E-state index < -0.39 is 12.1 Å². The van der Waals surface area contributed by atoms with Crippen molar-refractivity contribution in [3.8, 4) is 5.75 Å². The highest BCUT2D eigenvalue weighted by Gasteiger charge is 2.27. The molecule has 0 heterocycles. The molecule has 1 saturated carbocycles. The van der Waals surface area contributed by atoms with Crippen LogP contribution < -0.4 is 4.74 Å². The third-order valence-electron chi connectivity index (χ3n) is 3.66.